The quantitative estimate of drug-likeness (QED) is 0.784. The van der Waals surface area contributed by atoms with E-state index in [0.717, 1.165) is 38.0 Å². The first-order chi connectivity index (χ1) is 13.8. The molecular weight excluding hydrogens is 386 g/mol. The molecule has 1 amide bonds. The Labute approximate surface area is 173 Å². The lowest BCUT2D eigenvalue weighted by Crippen LogP contribution is -2.52. The molecule has 6 nitrogen and oxygen atoms in total. The summed E-state index contributed by atoms with van der Waals surface area (Å²) < 4.78 is 23.6. The third-order valence-corrected chi connectivity index (χ3v) is 6.61. The first kappa shape index (κ1) is 21.3. The van der Waals surface area contributed by atoms with Gasteiger partial charge in [-0.05, 0) is 43.7 Å². The summed E-state index contributed by atoms with van der Waals surface area (Å²) in [7, 11) is -3.35. The lowest BCUT2D eigenvalue weighted by atomic mass is 10.1. The zero-order chi connectivity index (χ0) is 21.0. The first-order valence-electron chi connectivity index (χ1n) is 9.88. The topological polar surface area (TPSA) is 69.7 Å². The van der Waals surface area contributed by atoms with Gasteiger partial charge in [0.15, 0.2) is 9.84 Å². The van der Waals surface area contributed by atoms with Crippen molar-refractivity contribution in [2.45, 2.75) is 24.8 Å². The van der Waals surface area contributed by atoms with Crippen molar-refractivity contribution in [3.63, 3.8) is 0 Å². The molecule has 156 valence electrons. The van der Waals surface area contributed by atoms with Crippen molar-refractivity contribution in [2.75, 3.05) is 43.9 Å². The summed E-state index contributed by atoms with van der Waals surface area (Å²) in [6.07, 6.45) is 1.15. The number of rotatable bonds is 6. The maximum Gasteiger partial charge on any atom is 0.251 e. The highest BCUT2D eigenvalue weighted by molar-refractivity contribution is 7.90. The third kappa shape index (κ3) is 5.36. The highest BCUT2D eigenvalue weighted by Crippen LogP contribution is 2.17. The predicted octanol–water partition coefficient (Wildman–Crippen LogP) is 2.34. The average Bonchev–Trinajstić information content (AvgIpc) is 2.72. The Bertz CT molecular complexity index is 953. The van der Waals surface area contributed by atoms with Crippen molar-refractivity contribution >= 4 is 21.4 Å². The summed E-state index contributed by atoms with van der Waals surface area (Å²) in [5.74, 6) is -0.234. The van der Waals surface area contributed by atoms with Crippen molar-refractivity contribution in [1.29, 1.82) is 0 Å². The summed E-state index contributed by atoms with van der Waals surface area (Å²) in [5.41, 5.74) is 2.42. The summed E-state index contributed by atoms with van der Waals surface area (Å²) in [6.45, 7) is 8.23. The Balaban J connectivity index is 1.55. The second-order valence-electron chi connectivity index (χ2n) is 7.67. The molecule has 1 fully saturated rings. The number of aryl methyl sites for hydroxylation is 1. The van der Waals surface area contributed by atoms with Crippen LogP contribution in [0.2, 0.25) is 0 Å². The molecule has 29 heavy (non-hydrogen) atoms. The molecule has 1 aliphatic rings. The van der Waals surface area contributed by atoms with Crippen LogP contribution in [-0.4, -0.2) is 64.2 Å². The van der Waals surface area contributed by atoms with Crippen LogP contribution in [0.15, 0.2) is 53.4 Å². The fourth-order valence-corrected chi connectivity index (χ4v) is 4.25. The number of nitrogens with one attached hydrogen (secondary N) is 1. The van der Waals surface area contributed by atoms with E-state index < -0.39 is 9.84 Å². The van der Waals surface area contributed by atoms with Crippen LogP contribution in [0.5, 0.6) is 0 Å². The van der Waals surface area contributed by atoms with Crippen molar-refractivity contribution in [3.05, 3.63) is 59.7 Å². The molecule has 0 bridgehead atoms. The van der Waals surface area contributed by atoms with Gasteiger partial charge >= 0.3 is 0 Å². The molecule has 0 radical (unpaired) electrons. The average molecular weight is 416 g/mol. The third-order valence-electron chi connectivity index (χ3n) is 5.50. The fourth-order valence-electron chi connectivity index (χ4n) is 3.60. The lowest BCUT2D eigenvalue weighted by molar-refractivity contribution is 0.0933. The smallest absolute Gasteiger partial charge is 0.251 e. The molecule has 0 spiro atoms. The van der Waals surface area contributed by atoms with Crippen LogP contribution in [-0.2, 0) is 9.84 Å². The van der Waals surface area contributed by atoms with E-state index in [1.807, 2.05) is 13.0 Å². The minimum absolute atomic E-state index is 0.165. The van der Waals surface area contributed by atoms with E-state index in [2.05, 4.69) is 46.3 Å². The Morgan fingerprint density at radius 2 is 1.72 bits per heavy atom. The van der Waals surface area contributed by atoms with Crippen LogP contribution in [0.25, 0.3) is 0 Å². The van der Waals surface area contributed by atoms with E-state index in [-0.39, 0.29) is 16.8 Å². The molecule has 1 atom stereocenters. The second-order valence-corrected chi connectivity index (χ2v) is 9.68. The maximum atomic E-state index is 12.6. The van der Waals surface area contributed by atoms with Crippen molar-refractivity contribution < 1.29 is 13.2 Å². The number of amides is 1. The fraction of sp³-hybridized carbons (Fsp3) is 0.409. The van der Waals surface area contributed by atoms with E-state index in [4.69, 9.17) is 0 Å². The van der Waals surface area contributed by atoms with Gasteiger partial charge in [-0.25, -0.2) is 8.42 Å². The lowest BCUT2D eigenvalue weighted by Gasteiger charge is -2.39. The van der Waals surface area contributed by atoms with Crippen LogP contribution in [0.1, 0.15) is 22.8 Å². The highest BCUT2D eigenvalue weighted by Gasteiger charge is 2.22. The monoisotopic (exact) mass is 415 g/mol. The molecule has 1 unspecified atom stereocenters. The molecule has 2 aromatic rings. The molecule has 1 aliphatic heterocycles. The van der Waals surface area contributed by atoms with Gasteiger partial charge in [0.1, 0.15) is 0 Å². The molecule has 7 heteroatoms. The number of benzene rings is 2. The Morgan fingerprint density at radius 3 is 2.34 bits per heavy atom. The number of piperazine rings is 1. The van der Waals surface area contributed by atoms with Gasteiger partial charge in [0.05, 0.1) is 4.90 Å². The van der Waals surface area contributed by atoms with Gasteiger partial charge in [-0.1, -0.05) is 24.3 Å². The van der Waals surface area contributed by atoms with E-state index in [9.17, 15) is 13.2 Å². The minimum Gasteiger partial charge on any atom is -0.369 e. The van der Waals surface area contributed by atoms with Gasteiger partial charge in [-0.2, -0.15) is 0 Å². The first-order valence-corrected chi connectivity index (χ1v) is 11.8. The summed E-state index contributed by atoms with van der Waals surface area (Å²) in [6, 6.07) is 15.3. The molecule has 3 rings (SSSR count). The van der Waals surface area contributed by atoms with E-state index >= 15 is 0 Å². The molecule has 1 N–H and O–H groups in total. The van der Waals surface area contributed by atoms with Crippen LogP contribution < -0.4 is 10.2 Å². The number of carbonyl (C=O) groups is 1. The summed E-state index contributed by atoms with van der Waals surface area (Å²) in [4.78, 5) is 17.6. The number of sulfone groups is 1. The number of carbonyl (C=O) groups excluding carboxylic acids is 1. The largest absolute Gasteiger partial charge is 0.369 e. The Morgan fingerprint density at radius 1 is 1.07 bits per heavy atom. The Kier molecular flexibility index (Phi) is 6.59. The van der Waals surface area contributed by atoms with Gasteiger partial charge in [0, 0.05) is 56.3 Å². The van der Waals surface area contributed by atoms with Crippen molar-refractivity contribution in [1.82, 2.24) is 10.2 Å². The number of hydrogen-bond acceptors (Lipinski definition) is 5. The number of hydrogen-bond donors (Lipinski definition) is 1. The summed E-state index contributed by atoms with van der Waals surface area (Å²) in [5, 5.41) is 2.97. The molecule has 0 saturated carbocycles. The molecule has 1 heterocycles. The van der Waals surface area contributed by atoms with Crippen LogP contribution in [0.3, 0.4) is 0 Å². The standard InChI is InChI=1S/C22H29N3O3S/c1-17-9-10-20(29(3,27)28)15-21(17)22(26)23-16-18(2)24-11-13-25(14-12-24)19-7-5-4-6-8-19/h4-10,15,18H,11-14,16H2,1-3H3,(H,23,26). The SMILES string of the molecule is Cc1ccc(S(C)(=O)=O)cc1C(=O)NCC(C)N1CCN(c2ccccc2)CC1. The maximum absolute atomic E-state index is 12.6. The van der Waals surface area contributed by atoms with E-state index in [0.29, 0.717) is 12.1 Å². The van der Waals surface area contributed by atoms with Gasteiger partial charge in [0.25, 0.3) is 5.91 Å². The van der Waals surface area contributed by atoms with E-state index in [1.54, 1.807) is 6.07 Å². The normalized spacial score (nSPS) is 16.4. The van der Waals surface area contributed by atoms with Gasteiger partial charge in [-0.3, -0.25) is 9.69 Å². The van der Waals surface area contributed by atoms with Gasteiger partial charge in [0.2, 0.25) is 0 Å². The van der Waals surface area contributed by atoms with E-state index in [1.165, 1.54) is 17.8 Å². The predicted molar refractivity (Wildman–Crippen MR) is 116 cm³/mol. The van der Waals surface area contributed by atoms with Crippen LogP contribution in [0, 0.1) is 6.92 Å². The molecule has 1 saturated heterocycles. The van der Waals surface area contributed by atoms with Gasteiger partial charge in [-0.15, -0.1) is 0 Å². The minimum atomic E-state index is -3.35. The number of para-hydroxylation sites is 1. The van der Waals surface area contributed by atoms with Crippen LogP contribution in [0.4, 0.5) is 5.69 Å². The van der Waals surface area contributed by atoms with Crippen LogP contribution >= 0.6 is 0 Å². The highest BCUT2D eigenvalue weighted by atomic mass is 32.2. The zero-order valence-corrected chi connectivity index (χ0v) is 18.1. The van der Waals surface area contributed by atoms with Crippen molar-refractivity contribution in [2.24, 2.45) is 0 Å². The van der Waals surface area contributed by atoms with Gasteiger partial charge < -0.3 is 10.2 Å². The molecule has 2 aromatic carbocycles. The molecular formula is C22H29N3O3S. The number of anilines is 1. The summed E-state index contributed by atoms with van der Waals surface area (Å²) >= 11 is 0. The molecule has 0 aliphatic carbocycles. The Hall–Kier alpha value is -2.38. The zero-order valence-electron chi connectivity index (χ0n) is 17.3. The second kappa shape index (κ2) is 8.97. The number of nitrogens with zero attached hydrogens (tertiary/aromatic N) is 2. The van der Waals surface area contributed by atoms with Crippen molar-refractivity contribution in [3.8, 4) is 0 Å². The molecule has 0 aromatic heterocycles.